The van der Waals surface area contributed by atoms with Gasteiger partial charge in [0.1, 0.15) is 6.04 Å². The van der Waals surface area contributed by atoms with Gasteiger partial charge in [0.2, 0.25) is 5.91 Å². The molecule has 20 heavy (non-hydrogen) atoms. The van der Waals surface area contributed by atoms with Gasteiger partial charge in [-0.2, -0.15) is 0 Å². The lowest BCUT2D eigenvalue weighted by atomic mass is 9.96. The van der Waals surface area contributed by atoms with Gasteiger partial charge in [-0.15, -0.1) is 0 Å². The highest BCUT2D eigenvalue weighted by atomic mass is 16.2. The van der Waals surface area contributed by atoms with Gasteiger partial charge in [0, 0.05) is 17.8 Å². The second-order valence-corrected chi connectivity index (χ2v) is 6.11. The maximum absolute atomic E-state index is 12.7. The number of likely N-dealkylation sites (tertiary alicyclic amines) is 1. The van der Waals surface area contributed by atoms with Gasteiger partial charge in [-0.05, 0) is 59.1 Å². The first-order chi connectivity index (χ1) is 9.49. The Morgan fingerprint density at radius 1 is 1.20 bits per heavy atom. The first-order valence-corrected chi connectivity index (χ1v) is 7.64. The Morgan fingerprint density at radius 2 is 1.75 bits per heavy atom. The van der Waals surface area contributed by atoms with Crippen LogP contribution >= 0.6 is 0 Å². The molecule has 1 aromatic carbocycles. The minimum Gasteiger partial charge on any atom is -0.374 e. The summed E-state index contributed by atoms with van der Waals surface area (Å²) in [4.78, 5) is 14.7. The maximum atomic E-state index is 12.7. The first-order valence-electron chi connectivity index (χ1n) is 7.64. The number of nitrogens with one attached hydrogen (secondary N) is 1. The Balaban J connectivity index is 2.02. The van der Waals surface area contributed by atoms with Gasteiger partial charge < -0.3 is 10.2 Å². The van der Waals surface area contributed by atoms with Gasteiger partial charge in [0.15, 0.2) is 0 Å². The summed E-state index contributed by atoms with van der Waals surface area (Å²) in [6.07, 6.45) is 3.46. The van der Waals surface area contributed by atoms with Gasteiger partial charge >= 0.3 is 0 Å². The highest BCUT2D eigenvalue weighted by Crippen LogP contribution is 2.24. The lowest BCUT2D eigenvalue weighted by Gasteiger charge is -2.40. The van der Waals surface area contributed by atoms with E-state index >= 15 is 0 Å². The molecule has 0 aliphatic carbocycles. The van der Waals surface area contributed by atoms with E-state index in [1.807, 2.05) is 19.1 Å². The lowest BCUT2D eigenvalue weighted by Crippen LogP contribution is -2.52. The van der Waals surface area contributed by atoms with Crippen LogP contribution in [-0.4, -0.2) is 28.9 Å². The van der Waals surface area contributed by atoms with Crippen molar-refractivity contribution < 1.29 is 4.79 Å². The molecule has 1 aliphatic heterocycles. The Morgan fingerprint density at radius 3 is 2.30 bits per heavy atom. The maximum Gasteiger partial charge on any atom is 0.245 e. The number of aryl methyl sites for hydroxylation is 1. The van der Waals surface area contributed by atoms with Crippen LogP contribution in [0.15, 0.2) is 24.3 Å². The lowest BCUT2D eigenvalue weighted by molar-refractivity contribution is -0.137. The molecule has 1 aromatic rings. The first kappa shape index (κ1) is 14.9. The number of amides is 1. The zero-order valence-corrected chi connectivity index (χ0v) is 13.0. The van der Waals surface area contributed by atoms with E-state index in [0.717, 1.165) is 18.5 Å². The molecule has 3 heteroatoms. The van der Waals surface area contributed by atoms with Crippen molar-refractivity contribution >= 4 is 11.6 Å². The number of rotatable bonds is 3. The van der Waals surface area contributed by atoms with E-state index in [1.165, 1.54) is 12.0 Å². The fourth-order valence-electron chi connectivity index (χ4n) is 3.04. The third-order valence-corrected chi connectivity index (χ3v) is 4.25. The number of anilines is 1. The highest BCUT2D eigenvalue weighted by Gasteiger charge is 2.31. The van der Waals surface area contributed by atoms with Crippen LogP contribution < -0.4 is 5.32 Å². The number of carbonyl (C=O) groups is 1. The number of nitrogens with zero attached hydrogens (tertiary/aromatic N) is 1. The Labute approximate surface area is 122 Å². The molecule has 0 spiro atoms. The monoisotopic (exact) mass is 274 g/mol. The van der Waals surface area contributed by atoms with Crippen molar-refractivity contribution in [3.8, 4) is 0 Å². The molecule has 1 amide bonds. The van der Waals surface area contributed by atoms with E-state index in [9.17, 15) is 4.79 Å². The summed E-state index contributed by atoms with van der Waals surface area (Å²) in [7, 11) is 0. The molecule has 0 saturated carbocycles. The van der Waals surface area contributed by atoms with E-state index in [4.69, 9.17) is 0 Å². The molecule has 0 unspecified atom stereocenters. The summed E-state index contributed by atoms with van der Waals surface area (Å²) < 4.78 is 0. The minimum absolute atomic E-state index is 0.180. The Kier molecular flexibility index (Phi) is 4.69. The fraction of sp³-hybridized carbons (Fsp3) is 0.588. The Hall–Kier alpha value is -1.51. The van der Waals surface area contributed by atoms with Crippen LogP contribution in [0.5, 0.6) is 0 Å². The molecule has 1 fully saturated rings. The summed E-state index contributed by atoms with van der Waals surface area (Å²) in [5.74, 6) is 0.213. The van der Waals surface area contributed by atoms with Crippen LogP contribution in [0.2, 0.25) is 0 Å². The molecule has 110 valence electrons. The molecule has 0 aromatic heterocycles. The van der Waals surface area contributed by atoms with Crippen LogP contribution in [0.3, 0.4) is 0 Å². The molecule has 3 nitrogen and oxygen atoms in total. The summed E-state index contributed by atoms with van der Waals surface area (Å²) in [5, 5.41) is 3.32. The molecular weight excluding hydrogens is 248 g/mol. The van der Waals surface area contributed by atoms with Gasteiger partial charge in [-0.1, -0.05) is 17.7 Å². The number of piperidine rings is 1. The third kappa shape index (κ3) is 3.33. The third-order valence-electron chi connectivity index (χ3n) is 4.25. The van der Waals surface area contributed by atoms with Gasteiger partial charge in [-0.3, -0.25) is 4.79 Å². The van der Waals surface area contributed by atoms with E-state index in [2.05, 4.69) is 43.1 Å². The van der Waals surface area contributed by atoms with Crippen LogP contribution in [-0.2, 0) is 4.79 Å². The minimum atomic E-state index is -0.180. The zero-order valence-electron chi connectivity index (χ0n) is 13.0. The van der Waals surface area contributed by atoms with E-state index in [-0.39, 0.29) is 11.9 Å². The molecular formula is C17H26N2O. The quantitative estimate of drug-likeness (QED) is 0.913. The molecule has 2 rings (SSSR count). The smallest absolute Gasteiger partial charge is 0.245 e. The van der Waals surface area contributed by atoms with Crippen molar-refractivity contribution in [2.75, 3.05) is 5.32 Å². The van der Waals surface area contributed by atoms with Crippen molar-refractivity contribution in [2.24, 2.45) is 0 Å². The van der Waals surface area contributed by atoms with Gasteiger partial charge in [0.05, 0.1) is 0 Å². The normalized spacial score (nSPS) is 24.3. The van der Waals surface area contributed by atoms with E-state index < -0.39 is 0 Å². The summed E-state index contributed by atoms with van der Waals surface area (Å²) in [6.45, 7) is 8.34. The van der Waals surface area contributed by atoms with Crippen molar-refractivity contribution in [3.05, 3.63) is 29.8 Å². The predicted octanol–water partition coefficient (Wildman–Crippen LogP) is 3.58. The van der Waals surface area contributed by atoms with Crippen LogP contribution in [0.25, 0.3) is 0 Å². The van der Waals surface area contributed by atoms with Crippen molar-refractivity contribution in [1.29, 1.82) is 0 Å². The number of hydrogen-bond acceptors (Lipinski definition) is 2. The highest BCUT2D eigenvalue weighted by molar-refractivity contribution is 5.85. The van der Waals surface area contributed by atoms with Crippen LogP contribution in [0, 0.1) is 6.92 Å². The second kappa shape index (κ2) is 6.29. The molecule has 3 atom stereocenters. The predicted molar refractivity (Wildman–Crippen MR) is 83.9 cm³/mol. The SMILES string of the molecule is Cc1ccc(N[C@@H](C)C(=O)N2[C@H](C)CCC[C@@H]2C)cc1. The van der Waals surface area contributed by atoms with Gasteiger partial charge in [-0.25, -0.2) is 0 Å². The molecule has 1 saturated heterocycles. The van der Waals surface area contributed by atoms with E-state index in [0.29, 0.717) is 12.1 Å². The van der Waals surface area contributed by atoms with Crippen LogP contribution in [0.1, 0.15) is 45.6 Å². The zero-order chi connectivity index (χ0) is 14.7. The summed E-state index contributed by atoms with van der Waals surface area (Å²) >= 11 is 0. The second-order valence-electron chi connectivity index (χ2n) is 6.11. The average Bonchev–Trinajstić information content (AvgIpc) is 2.41. The largest absolute Gasteiger partial charge is 0.374 e. The molecule has 1 aliphatic rings. The standard InChI is InChI=1S/C17H26N2O/c1-12-8-10-16(11-9-12)18-15(4)17(20)19-13(2)6-5-7-14(19)3/h8-11,13-15,18H,5-7H2,1-4H3/t13-,14+,15-/m0/s1. The van der Waals surface area contributed by atoms with E-state index in [1.54, 1.807) is 0 Å². The van der Waals surface area contributed by atoms with Crippen molar-refractivity contribution in [1.82, 2.24) is 4.90 Å². The molecule has 0 bridgehead atoms. The number of carbonyl (C=O) groups excluding carboxylic acids is 1. The molecule has 0 radical (unpaired) electrons. The Bertz CT molecular complexity index is 445. The van der Waals surface area contributed by atoms with Crippen molar-refractivity contribution in [3.63, 3.8) is 0 Å². The van der Waals surface area contributed by atoms with Crippen molar-refractivity contribution in [2.45, 2.75) is 65.1 Å². The molecule has 1 heterocycles. The van der Waals surface area contributed by atoms with Crippen LogP contribution in [0.4, 0.5) is 5.69 Å². The topological polar surface area (TPSA) is 32.3 Å². The number of benzene rings is 1. The number of hydrogen-bond donors (Lipinski definition) is 1. The summed E-state index contributed by atoms with van der Waals surface area (Å²) in [6, 6.07) is 8.71. The van der Waals surface area contributed by atoms with Gasteiger partial charge in [0.25, 0.3) is 0 Å². The fourth-order valence-corrected chi connectivity index (χ4v) is 3.04. The average molecular weight is 274 g/mol. The summed E-state index contributed by atoms with van der Waals surface area (Å²) in [5.41, 5.74) is 2.24. The molecule has 1 N–H and O–H groups in total.